The molecule has 1 aromatic carbocycles. The van der Waals surface area contributed by atoms with Crippen LogP contribution in [0.1, 0.15) is 29.9 Å². The van der Waals surface area contributed by atoms with Crippen molar-refractivity contribution >= 4 is 11.9 Å². The maximum atomic E-state index is 12.4. The van der Waals surface area contributed by atoms with Crippen molar-refractivity contribution in [3.8, 4) is 0 Å². The summed E-state index contributed by atoms with van der Waals surface area (Å²) in [6, 6.07) is 4.47. The van der Waals surface area contributed by atoms with E-state index in [2.05, 4.69) is 4.74 Å². The number of rotatable bonds is 1. The van der Waals surface area contributed by atoms with Gasteiger partial charge in [0.25, 0.3) is 0 Å². The Morgan fingerprint density at radius 2 is 1.50 bits per heavy atom. The predicted octanol–water partition coefficient (Wildman–Crippen LogP) is 2.65. The van der Waals surface area contributed by atoms with E-state index < -0.39 is 29.6 Å². The lowest BCUT2D eigenvalue weighted by molar-refractivity contribution is -0.164. The van der Waals surface area contributed by atoms with Crippen LogP contribution in [-0.4, -0.2) is 11.9 Å². The fraction of sp³-hybridized carbons (Fsp3) is 0.333. The SMILES string of the molecule is O=C1CC(c2ccc(C(F)(F)F)cc2)CC(=O)O1. The first-order valence-electron chi connectivity index (χ1n) is 5.27. The number of halogens is 3. The minimum atomic E-state index is -4.39. The molecule has 6 heteroatoms. The largest absolute Gasteiger partial charge is 0.416 e. The van der Waals surface area contributed by atoms with Gasteiger partial charge in [-0.05, 0) is 17.7 Å². The Hall–Kier alpha value is -1.85. The van der Waals surface area contributed by atoms with Gasteiger partial charge < -0.3 is 4.74 Å². The van der Waals surface area contributed by atoms with Gasteiger partial charge in [-0.3, -0.25) is 9.59 Å². The summed E-state index contributed by atoms with van der Waals surface area (Å²) < 4.78 is 41.4. The Bertz CT molecular complexity index is 460. The van der Waals surface area contributed by atoms with Gasteiger partial charge in [0.2, 0.25) is 0 Å². The van der Waals surface area contributed by atoms with E-state index in [4.69, 9.17) is 0 Å². The van der Waals surface area contributed by atoms with Crippen LogP contribution in [0.3, 0.4) is 0 Å². The van der Waals surface area contributed by atoms with Gasteiger partial charge in [-0.2, -0.15) is 13.2 Å². The summed E-state index contributed by atoms with van der Waals surface area (Å²) in [5.74, 6) is -1.69. The first-order chi connectivity index (χ1) is 8.36. The van der Waals surface area contributed by atoms with Crippen molar-refractivity contribution in [2.75, 3.05) is 0 Å². The number of benzene rings is 1. The second kappa shape index (κ2) is 4.44. The molecule has 0 saturated carbocycles. The van der Waals surface area contributed by atoms with E-state index in [1.807, 2.05) is 0 Å². The minimum Gasteiger partial charge on any atom is -0.393 e. The van der Waals surface area contributed by atoms with E-state index in [0.717, 1.165) is 12.1 Å². The van der Waals surface area contributed by atoms with E-state index in [0.29, 0.717) is 5.56 Å². The number of ether oxygens (including phenoxy) is 1. The molecule has 0 atom stereocenters. The summed E-state index contributed by atoms with van der Waals surface area (Å²) in [4.78, 5) is 22.1. The third kappa shape index (κ3) is 2.69. The number of alkyl halides is 3. The molecule has 0 unspecified atom stereocenters. The molecule has 0 amide bonds. The molecular formula is C12H9F3O3. The van der Waals surface area contributed by atoms with E-state index >= 15 is 0 Å². The molecule has 0 radical (unpaired) electrons. The zero-order chi connectivity index (χ0) is 13.3. The first-order valence-corrected chi connectivity index (χ1v) is 5.27. The molecule has 0 spiro atoms. The van der Waals surface area contributed by atoms with Crippen LogP contribution in [0.25, 0.3) is 0 Å². The van der Waals surface area contributed by atoms with Crippen LogP contribution >= 0.6 is 0 Å². The Balaban J connectivity index is 2.19. The molecule has 3 nitrogen and oxygen atoms in total. The van der Waals surface area contributed by atoms with Gasteiger partial charge in [0.1, 0.15) is 0 Å². The number of esters is 2. The Labute approximate surface area is 101 Å². The third-order valence-electron chi connectivity index (χ3n) is 2.76. The lowest BCUT2D eigenvalue weighted by Gasteiger charge is -2.20. The molecule has 2 rings (SSSR count). The Morgan fingerprint density at radius 1 is 1.00 bits per heavy atom. The highest BCUT2D eigenvalue weighted by molar-refractivity contribution is 5.89. The molecule has 1 heterocycles. The highest BCUT2D eigenvalue weighted by Gasteiger charge is 2.32. The summed E-state index contributed by atoms with van der Waals surface area (Å²) in [7, 11) is 0. The van der Waals surface area contributed by atoms with Crippen molar-refractivity contribution in [1.82, 2.24) is 0 Å². The summed E-state index contributed by atoms with van der Waals surface area (Å²) in [6.07, 6.45) is -4.37. The van der Waals surface area contributed by atoms with Gasteiger partial charge in [-0.25, -0.2) is 0 Å². The maximum absolute atomic E-state index is 12.4. The average Bonchev–Trinajstić information content (AvgIpc) is 2.27. The van der Waals surface area contributed by atoms with Crippen LogP contribution in [0.4, 0.5) is 13.2 Å². The van der Waals surface area contributed by atoms with Crippen LogP contribution in [0.5, 0.6) is 0 Å². The van der Waals surface area contributed by atoms with Crippen LogP contribution in [-0.2, 0) is 20.5 Å². The number of carbonyl (C=O) groups is 2. The number of hydrogen-bond acceptors (Lipinski definition) is 3. The van der Waals surface area contributed by atoms with Gasteiger partial charge in [0, 0.05) is 5.92 Å². The average molecular weight is 258 g/mol. The lowest BCUT2D eigenvalue weighted by atomic mass is 9.90. The molecule has 0 N–H and O–H groups in total. The van der Waals surface area contributed by atoms with Crippen molar-refractivity contribution in [3.63, 3.8) is 0 Å². The Kier molecular flexibility index (Phi) is 3.11. The maximum Gasteiger partial charge on any atom is 0.416 e. The number of hydrogen-bond donors (Lipinski definition) is 0. The number of cyclic esters (lactones) is 2. The van der Waals surface area contributed by atoms with Crippen molar-refractivity contribution in [2.45, 2.75) is 24.9 Å². The summed E-state index contributed by atoms with van der Waals surface area (Å²) in [5.41, 5.74) is -0.219. The topological polar surface area (TPSA) is 43.4 Å². The fourth-order valence-electron chi connectivity index (χ4n) is 1.86. The molecular weight excluding hydrogens is 249 g/mol. The monoisotopic (exact) mass is 258 g/mol. The van der Waals surface area contributed by atoms with Gasteiger partial charge in [-0.15, -0.1) is 0 Å². The molecule has 0 aromatic heterocycles. The zero-order valence-corrected chi connectivity index (χ0v) is 9.16. The molecule has 96 valence electrons. The summed E-state index contributed by atoms with van der Waals surface area (Å²) in [5, 5.41) is 0. The lowest BCUT2D eigenvalue weighted by Crippen LogP contribution is -2.24. The smallest absolute Gasteiger partial charge is 0.393 e. The van der Waals surface area contributed by atoms with Crippen molar-refractivity contribution in [3.05, 3.63) is 35.4 Å². The first kappa shape index (κ1) is 12.6. The molecule has 1 aliphatic heterocycles. The fourth-order valence-corrected chi connectivity index (χ4v) is 1.86. The summed E-state index contributed by atoms with van der Waals surface area (Å²) in [6.45, 7) is 0. The second-order valence-corrected chi connectivity index (χ2v) is 4.07. The standard InChI is InChI=1S/C12H9F3O3/c13-12(14,15)9-3-1-7(2-4-9)8-5-10(16)18-11(17)6-8/h1-4,8H,5-6H2. The number of carbonyl (C=O) groups excluding carboxylic acids is 2. The van der Waals surface area contributed by atoms with E-state index in [-0.39, 0.29) is 12.8 Å². The zero-order valence-electron chi connectivity index (χ0n) is 9.16. The molecule has 0 bridgehead atoms. The van der Waals surface area contributed by atoms with Crippen LogP contribution in [0.2, 0.25) is 0 Å². The third-order valence-corrected chi connectivity index (χ3v) is 2.76. The van der Waals surface area contributed by atoms with Gasteiger partial charge in [0.15, 0.2) is 0 Å². The van der Waals surface area contributed by atoms with Crippen molar-refractivity contribution < 1.29 is 27.5 Å². The molecule has 18 heavy (non-hydrogen) atoms. The Morgan fingerprint density at radius 3 is 1.94 bits per heavy atom. The van der Waals surface area contributed by atoms with Crippen LogP contribution in [0.15, 0.2) is 24.3 Å². The molecule has 1 aliphatic rings. The highest BCUT2D eigenvalue weighted by atomic mass is 19.4. The molecule has 1 saturated heterocycles. The van der Waals surface area contributed by atoms with E-state index in [1.54, 1.807) is 0 Å². The van der Waals surface area contributed by atoms with E-state index in [9.17, 15) is 22.8 Å². The normalized spacial score (nSPS) is 17.7. The minimum absolute atomic E-state index is 0.0110. The molecule has 1 fully saturated rings. The van der Waals surface area contributed by atoms with E-state index in [1.165, 1.54) is 12.1 Å². The van der Waals surface area contributed by atoms with Gasteiger partial charge in [-0.1, -0.05) is 12.1 Å². The summed E-state index contributed by atoms with van der Waals surface area (Å²) >= 11 is 0. The van der Waals surface area contributed by atoms with Gasteiger partial charge >= 0.3 is 18.1 Å². The predicted molar refractivity (Wildman–Crippen MR) is 54.5 cm³/mol. The van der Waals surface area contributed by atoms with Crippen molar-refractivity contribution in [2.24, 2.45) is 0 Å². The molecule has 0 aliphatic carbocycles. The van der Waals surface area contributed by atoms with Gasteiger partial charge in [0.05, 0.1) is 18.4 Å². The van der Waals surface area contributed by atoms with Crippen LogP contribution in [0, 0.1) is 0 Å². The van der Waals surface area contributed by atoms with Crippen LogP contribution < -0.4 is 0 Å². The van der Waals surface area contributed by atoms with Crippen molar-refractivity contribution in [1.29, 1.82) is 0 Å². The quantitative estimate of drug-likeness (QED) is 0.574. The molecule has 1 aromatic rings. The second-order valence-electron chi connectivity index (χ2n) is 4.07. The highest BCUT2D eigenvalue weighted by Crippen LogP contribution is 2.32.